The fourth-order valence-corrected chi connectivity index (χ4v) is 5.35. The summed E-state index contributed by atoms with van der Waals surface area (Å²) in [4.78, 5) is 27.3. The summed E-state index contributed by atoms with van der Waals surface area (Å²) in [5, 5.41) is 6.62. The third-order valence-electron chi connectivity index (χ3n) is 5.89. The van der Waals surface area contributed by atoms with Crippen molar-refractivity contribution in [3.8, 4) is 0 Å². The molecule has 2 aromatic rings. The first-order valence-corrected chi connectivity index (χ1v) is 11.9. The molecule has 31 heavy (non-hydrogen) atoms. The Morgan fingerprint density at radius 1 is 1.23 bits per heavy atom. The Morgan fingerprint density at radius 3 is 2.68 bits per heavy atom. The van der Waals surface area contributed by atoms with Crippen LogP contribution in [0.5, 0.6) is 0 Å². The Balaban J connectivity index is 1.51. The van der Waals surface area contributed by atoms with Crippen LogP contribution in [0.15, 0.2) is 22.7 Å². The van der Waals surface area contributed by atoms with Crippen LogP contribution in [-0.2, 0) is 21.4 Å². The number of aromatic nitrogens is 1. The van der Waals surface area contributed by atoms with Crippen molar-refractivity contribution in [3.05, 3.63) is 23.8 Å². The average molecular weight is 450 g/mol. The molecule has 2 aliphatic heterocycles. The SMILES string of the molecule is CC(C)S(=O)(=O)N1CCN(Cc2ccc3onc(N4CCC(=O)NC4=O)c3c2)[C@H](C)C1. The highest BCUT2D eigenvalue weighted by Crippen LogP contribution is 2.29. The quantitative estimate of drug-likeness (QED) is 0.736. The van der Waals surface area contributed by atoms with Gasteiger partial charge >= 0.3 is 6.03 Å². The highest BCUT2D eigenvalue weighted by atomic mass is 32.2. The van der Waals surface area contributed by atoms with E-state index in [1.165, 1.54) is 4.90 Å². The van der Waals surface area contributed by atoms with Crippen molar-refractivity contribution < 1.29 is 22.5 Å². The third kappa shape index (κ3) is 4.17. The van der Waals surface area contributed by atoms with Gasteiger partial charge in [0, 0.05) is 45.2 Å². The van der Waals surface area contributed by atoms with Gasteiger partial charge in [-0.15, -0.1) is 0 Å². The Labute approximate surface area is 181 Å². The van der Waals surface area contributed by atoms with Crippen LogP contribution < -0.4 is 10.2 Å². The van der Waals surface area contributed by atoms with E-state index in [9.17, 15) is 18.0 Å². The number of hydrogen-bond acceptors (Lipinski definition) is 7. The molecule has 0 bridgehead atoms. The molecular formula is C20H27N5O5S. The molecule has 3 amide bonds. The monoisotopic (exact) mass is 449 g/mol. The number of carbonyl (C=O) groups excluding carboxylic acids is 2. The first kappa shape index (κ1) is 21.7. The number of piperazine rings is 1. The molecule has 1 aromatic heterocycles. The van der Waals surface area contributed by atoms with Gasteiger partial charge in [-0.05, 0) is 38.5 Å². The van der Waals surface area contributed by atoms with Crippen molar-refractivity contribution in [2.24, 2.45) is 0 Å². The Bertz CT molecular complexity index is 1110. The smallest absolute Gasteiger partial charge is 0.329 e. The second kappa shape index (κ2) is 8.21. The van der Waals surface area contributed by atoms with Gasteiger partial charge in [0.1, 0.15) is 0 Å². The number of benzene rings is 1. The van der Waals surface area contributed by atoms with Crippen molar-refractivity contribution >= 4 is 38.7 Å². The number of urea groups is 1. The van der Waals surface area contributed by atoms with Gasteiger partial charge < -0.3 is 4.52 Å². The van der Waals surface area contributed by atoms with Gasteiger partial charge in [-0.25, -0.2) is 13.2 Å². The summed E-state index contributed by atoms with van der Waals surface area (Å²) in [7, 11) is -3.26. The van der Waals surface area contributed by atoms with Crippen LogP contribution >= 0.6 is 0 Å². The third-order valence-corrected chi connectivity index (χ3v) is 8.14. The minimum Gasteiger partial charge on any atom is -0.354 e. The lowest BCUT2D eigenvalue weighted by Crippen LogP contribution is -2.54. The zero-order valence-electron chi connectivity index (χ0n) is 17.9. The van der Waals surface area contributed by atoms with Crippen molar-refractivity contribution in [2.75, 3.05) is 31.1 Å². The van der Waals surface area contributed by atoms with Gasteiger partial charge in [-0.3, -0.25) is 19.9 Å². The maximum Gasteiger partial charge on any atom is 0.329 e. The van der Waals surface area contributed by atoms with E-state index in [0.29, 0.717) is 43.0 Å². The maximum absolute atomic E-state index is 12.5. The summed E-state index contributed by atoms with van der Waals surface area (Å²) in [5.74, 6) is 0.0881. The maximum atomic E-state index is 12.5. The van der Waals surface area contributed by atoms with E-state index in [1.54, 1.807) is 18.2 Å². The number of amides is 3. The highest BCUT2D eigenvalue weighted by Gasteiger charge is 2.33. The molecule has 2 fully saturated rings. The Morgan fingerprint density at radius 2 is 2.00 bits per heavy atom. The molecule has 1 aromatic carbocycles. The summed E-state index contributed by atoms with van der Waals surface area (Å²) >= 11 is 0. The van der Waals surface area contributed by atoms with E-state index in [0.717, 1.165) is 5.56 Å². The number of carbonyl (C=O) groups is 2. The number of fused-ring (bicyclic) bond motifs is 1. The van der Waals surface area contributed by atoms with Crippen molar-refractivity contribution in [3.63, 3.8) is 0 Å². The van der Waals surface area contributed by atoms with Gasteiger partial charge in [0.15, 0.2) is 11.4 Å². The van der Waals surface area contributed by atoms with Crippen LogP contribution in [0, 0.1) is 0 Å². The summed E-state index contributed by atoms with van der Waals surface area (Å²) in [6, 6.07) is 5.26. The fourth-order valence-electron chi connectivity index (χ4n) is 3.99. The van der Waals surface area contributed by atoms with Crippen LogP contribution in [0.4, 0.5) is 10.6 Å². The van der Waals surface area contributed by atoms with Crippen molar-refractivity contribution in [2.45, 2.75) is 45.0 Å². The number of hydrogen-bond donors (Lipinski definition) is 1. The summed E-state index contributed by atoms with van der Waals surface area (Å²) in [5.41, 5.74) is 1.57. The number of nitrogens with zero attached hydrogens (tertiary/aromatic N) is 4. The lowest BCUT2D eigenvalue weighted by Gasteiger charge is -2.39. The molecule has 0 unspecified atom stereocenters. The standard InChI is InChI=1S/C20H27N5O5S/c1-13(2)31(28,29)24-9-8-23(14(3)11-24)12-15-4-5-17-16(10-15)19(22-30-17)25-7-6-18(26)21-20(25)27/h4-5,10,13-14H,6-9,11-12H2,1-3H3,(H,21,26,27)/t14-/m1/s1. The first-order chi connectivity index (χ1) is 14.7. The highest BCUT2D eigenvalue weighted by molar-refractivity contribution is 7.89. The second-order valence-corrected chi connectivity index (χ2v) is 10.9. The summed E-state index contributed by atoms with van der Waals surface area (Å²) in [6.07, 6.45) is 0.209. The van der Waals surface area contributed by atoms with Gasteiger partial charge in [-0.1, -0.05) is 11.2 Å². The van der Waals surface area contributed by atoms with Gasteiger partial charge in [0.2, 0.25) is 15.9 Å². The molecule has 0 saturated carbocycles. The van der Waals surface area contributed by atoms with Crippen LogP contribution in [0.3, 0.4) is 0 Å². The van der Waals surface area contributed by atoms with Crippen LogP contribution in [0.2, 0.25) is 0 Å². The number of rotatable bonds is 5. The first-order valence-electron chi connectivity index (χ1n) is 10.4. The van der Waals surface area contributed by atoms with Crippen LogP contribution in [0.1, 0.15) is 32.8 Å². The molecule has 0 aliphatic carbocycles. The predicted molar refractivity (Wildman–Crippen MR) is 115 cm³/mol. The van der Waals surface area contributed by atoms with E-state index in [2.05, 4.69) is 15.4 Å². The molecule has 11 heteroatoms. The molecule has 3 heterocycles. The van der Waals surface area contributed by atoms with E-state index in [4.69, 9.17) is 4.52 Å². The summed E-state index contributed by atoms with van der Waals surface area (Å²) < 4.78 is 31.9. The normalized spacial score (nSPS) is 21.8. The van der Waals surface area contributed by atoms with E-state index >= 15 is 0 Å². The molecule has 0 spiro atoms. The molecule has 168 valence electrons. The lowest BCUT2D eigenvalue weighted by molar-refractivity contribution is -0.120. The molecule has 1 N–H and O–H groups in total. The van der Waals surface area contributed by atoms with Crippen LogP contribution in [-0.4, -0.2) is 72.2 Å². The van der Waals surface area contributed by atoms with E-state index < -0.39 is 21.3 Å². The second-order valence-electron chi connectivity index (χ2n) is 8.36. The number of imide groups is 1. The zero-order chi connectivity index (χ0) is 22.3. The summed E-state index contributed by atoms with van der Waals surface area (Å²) in [6.45, 7) is 7.89. The van der Waals surface area contributed by atoms with Crippen molar-refractivity contribution in [1.29, 1.82) is 0 Å². The van der Waals surface area contributed by atoms with Gasteiger partial charge in [-0.2, -0.15) is 4.31 Å². The minimum absolute atomic E-state index is 0.0683. The molecule has 1 atom stereocenters. The molecule has 0 radical (unpaired) electrons. The van der Waals surface area contributed by atoms with Gasteiger partial charge in [0.05, 0.1) is 10.6 Å². The molecule has 4 rings (SSSR count). The fraction of sp³-hybridized carbons (Fsp3) is 0.550. The Hall–Kier alpha value is -2.50. The Kier molecular flexibility index (Phi) is 5.75. The number of nitrogens with one attached hydrogen (secondary N) is 1. The predicted octanol–water partition coefficient (Wildman–Crippen LogP) is 1.52. The molecule has 2 aliphatic rings. The van der Waals surface area contributed by atoms with Crippen LogP contribution in [0.25, 0.3) is 11.0 Å². The van der Waals surface area contributed by atoms with E-state index in [1.807, 2.05) is 25.1 Å². The van der Waals surface area contributed by atoms with Gasteiger partial charge in [0.25, 0.3) is 0 Å². The van der Waals surface area contributed by atoms with Crippen molar-refractivity contribution in [1.82, 2.24) is 19.7 Å². The molecular weight excluding hydrogens is 422 g/mol. The number of anilines is 1. The molecule has 2 saturated heterocycles. The largest absolute Gasteiger partial charge is 0.354 e. The topological polar surface area (TPSA) is 116 Å². The van der Waals surface area contributed by atoms with E-state index in [-0.39, 0.29) is 24.9 Å². The average Bonchev–Trinajstić information content (AvgIpc) is 3.12. The minimum atomic E-state index is -3.26. The zero-order valence-corrected chi connectivity index (χ0v) is 18.7. The lowest BCUT2D eigenvalue weighted by atomic mass is 10.1. The number of sulfonamides is 1. The molecule has 10 nitrogen and oxygen atoms in total.